The Balaban J connectivity index is 3.60. The largest absolute Gasteiger partial charge is 0.459 e. The summed E-state index contributed by atoms with van der Waals surface area (Å²) in [6.45, 7) is 5.52. The highest BCUT2D eigenvalue weighted by atomic mass is 79.9. The van der Waals surface area contributed by atoms with E-state index >= 15 is 0 Å². The predicted octanol–water partition coefficient (Wildman–Crippen LogP) is 1.72. The van der Waals surface area contributed by atoms with E-state index in [-0.39, 0.29) is 16.9 Å². The third-order valence-corrected chi connectivity index (χ3v) is 0.987. The Morgan fingerprint density at radius 1 is 1.56 bits per heavy atom. The highest BCUT2D eigenvalue weighted by Gasteiger charge is 2.14. The van der Waals surface area contributed by atoms with Gasteiger partial charge in [0.15, 0.2) is 0 Å². The lowest BCUT2D eigenvalue weighted by Gasteiger charge is -2.18. The van der Waals surface area contributed by atoms with Crippen molar-refractivity contribution in [2.75, 3.05) is 5.33 Å². The number of alkyl halides is 1. The van der Waals surface area contributed by atoms with Gasteiger partial charge in [-0.05, 0) is 20.8 Å². The van der Waals surface area contributed by atoms with Crippen molar-refractivity contribution < 1.29 is 9.53 Å². The van der Waals surface area contributed by atoms with E-state index < -0.39 is 0 Å². The Morgan fingerprint density at radius 3 is 2.11 bits per heavy atom. The zero-order valence-corrected chi connectivity index (χ0v) is 7.49. The van der Waals surface area contributed by atoms with Gasteiger partial charge in [-0.1, -0.05) is 15.9 Å². The summed E-state index contributed by atoms with van der Waals surface area (Å²) >= 11 is 2.99. The molecule has 0 aliphatic heterocycles. The van der Waals surface area contributed by atoms with Gasteiger partial charge in [0, 0.05) is 0 Å². The van der Waals surface area contributed by atoms with E-state index in [4.69, 9.17) is 4.74 Å². The van der Waals surface area contributed by atoms with Gasteiger partial charge in [-0.2, -0.15) is 0 Å². The summed E-state index contributed by atoms with van der Waals surface area (Å²) in [5.74, 6) is -0.220. The second kappa shape index (κ2) is 3.20. The standard InChI is InChI=1S/C6H11BrO2/c1-6(2,3)9-5(8)4-7/h4H2,1-3H3/i4+1,5+1. The van der Waals surface area contributed by atoms with Gasteiger partial charge in [0.05, 0.1) is 0 Å². The molecule has 9 heavy (non-hydrogen) atoms. The van der Waals surface area contributed by atoms with Crippen LogP contribution in [0.3, 0.4) is 0 Å². The van der Waals surface area contributed by atoms with E-state index in [1.807, 2.05) is 20.8 Å². The molecular formula is C6H11BrO2. The molecular weight excluding hydrogens is 186 g/mol. The molecule has 0 N–H and O–H groups in total. The number of halogens is 1. The second-order valence-electron chi connectivity index (χ2n) is 2.72. The van der Waals surface area contributed by atoms with Gasteiger partial charge in [-0.25, -0.2) is 0 Å². The molecule has 0 aliphatic rings. The summed E-state index contributed by atoms with van der Waals surface area (Å²) in [5, 5.41) is 0.268. The average Bonchev–Trinajstić information content (AvgIpc) is 1.62. The predicted molar refractivity (Wildman–Crippen MR) is 39.6 cm³/mol. The Labute approximate surface area is 63.7 Å². The number of esters is 1. The first-order valence-electron chi connectivity index (χ1n) is 2.73. The molecule has 0 saturated carbocycles. The van der Waals surface area contributed by atoms with E-state index in [1.54, 1.807) is 0 Å². The van der Waals surface area contributed by atoms with Crippen LogP contribution in [0.15, 0.2) is 0 Å². The van der Waals surface area contributed by atoms with Crippen molar-refractivity contribution in [1.82, 2.24) is 0 Å². The minimum absolute atomic E-state index is 0.220. The van der Waals surface area contributed by atoms with Crippen LogP contribution < -0.4 is 0 Å². The van der Waals surface area contributed by atoms with Crippen molar-refractivity contribution in [2.24, 2.45) is 0 Å². The molecule has 0 rings (SSSR count). The van der Waals surface area contributed by atoms with E-state index in [0.29, 0.717) is 0 Å². The number of ether oxygens (including phenoxy) is 1. The maximum absolute atomic E-state index is 10.6. The lowest BCUT2D eigenvalue weighted by Crippen LogP contribution is -2.24. The molecule has 0 atom stereocenters. The topological polar surface area (TPSA) is 26.3 Å². The molecule has 0 heterocycles. The molecule has 0 aromatic heterocycles. The van der Waals surface area contributed by atoms with Crippen LogP contribution in [0.4, 0.5) is 0 Å². The van der Waals surface area contributed by atoms with Crippen molar-refractivity contribution in [3.8, 4) is 0 Å². The number of hydrogen-bond donors (Lipinski definition) is 0. The number of carbonyl (C=O) groups excluding carboxylic acids is 1. The first kappa shape index (κ1) is 8.95. The third kappa shape index (κ3) is 5.83. The highest BCUT2D eigenvalue weighted by molar-refractivity contribution is 9.09. The average molecular weight is 197 g/mol. The van der Waals surface area contributed by atoms with Crippen molar-refractivity contribution in [2.45, 2.75) is 26.4 Å². The number of rotatable bonds is 1. The summed E-state index contributed by atoms with van der Waals surface area (Å²) in [6, 6.07) is 0. The normalized spacial score (nSPS) is 11.1. The summed E-state index contributed by atoms with van der Waals surface area (Å²) in [6.07, 6.45) is 0. The molecule has 0 aromatic carbocycles. The first-order valence-corrected chi connectivity index (χ1v) is 3.85. The minimum atomic E-state index is -0.356. The SMILES string of the molecule is CC(C)(C)O[13C](=O)[13CH2]Br. The van der Waals surface area contributed by atoms with E-state index in [2.05, 4.69) is 15.9 Å². The summed E-state index contributed by atoms with van der Waals surface area (Å²) in [4.78, 5) is 10.6. The van der Waals surface area contributed by atoms with E-state index in [9.17, 15) is 4.79 Å². The van der Waals surface area contributed by atoms with Gasteiger partial charge in [-0.3, -0.25) is 4.79 Å². The van der Waals surface area contributed by atoms with Crippen molar-refractivity contribution >= 4 is 21.9 Å². The first-order chi connectivity index (χ1) is 3.95. The molecule has 0 spiro atoms. The summed E-state index contributed by atoms with van der Waals surface area (Å²) in [5.41, 5.74) is -0.356. The van der Waals surface area contributed by atoms with Crippen LogP contribution in [0.2, 0.25) is 0 Å². The third-order valence-electron chi connectivity index (χ3n) is 0.529. The maximum atomic E-state index is 10.6. The van der Waals surface area contributed by atoms with Gasteiger partial charge in [0.25, 0.3) is 0 Å². The molecule has 0 amide bonds. The maximum Gasteiger partial charge on any atom is 0.317 e. The molecule has 2 nitrogen and oxygen atoms in total. The fourth-order valence-corrected chi connectivity index (χ4v) is 0.483. The van der Waals surface area contributed by atoms with Gasteiger partial charge < -0.3 is 4.74 Å². The smallest absolute Gasteiger partial charge is 0.317 e. The fraction of sp³-hybridized carbons (Fsp3) is 0.833. The quantitative estimate of drug-likeness (QED) is 0.363. The summed E-state index contributed by atoms with van der Waals surface area (Å²) < 4.78 is 4.90. The Morgan fingerprint density at radius 2 is 2.00 bits per heavy atom. The van der Waals surface area contributed by atoms with Crippen molar-refractivity contribution in [3.05, 3.63) is 0 Å². The van der Waals surface area contributed by atoms with Crippen LogP contribution in [0.25, 0.3) is 0 Å². The van der Waals surface area contributed by atoms with Crippen LogP contribution in [0, 0.1) is 0 Å². The van der Waals surface area contributed by atoms with Gasteiger partial charge in [0.2, 0.25) is 0 Å². The highest BCUT2D eigenvalue weighted by Crippen LogP contribution is 2.07. The van der Waals surface area contributed by atoms with Crippen molar-refractivity contribution in [1.29, 1.82) is 0 Å². The van der Waals surface area contributed by atoms with Crippen LogP contribution in [0.5, 0.6) is 0 Å². The Bertz CT molecular complexity index is 104. The molecule has 0 aliphatic carbocycles. The fourth-order valence-electron chi connectivity index (χ4n) is 0.369. The monoisotopic (exact) mass is 196 g/mol. The van der Waals surface area contributed by atoms with Gasteiger partial charge >= 0.3 is 5.97 Å². The second-order valence-corrected chi connectivity index (χ2v) is 3.28. The molecule has 0 saturated heterocycles. The van der Waals surface area contributed by atoms with Gasteiger partial charge in [-0.15, -0.1) is 0 Å². The lowest BCUT2D eigenvalue weighted by atomic mass is 10.2. The minimum Gasteiger partial charge on any atom is -0.459 e. The van der Waals surface area contributed by atoms with Crippen LogP contribution in [-0.2, 0) is 9.53 Å². The van der Waals surface area contributed by atoms with Gasteiger partial charge in [0.1, 0.15) is 10.9 Å². The molecule has 0 fully saturated rings. The molecule has 0 aromatic rings. The molecule has 3 heteroatoms. The van der Waals surface area contributed by atoms with Crippen molar-refractivity contribution in [3.63, 3.8) is 0 Å². The summed E-state index contributed by atoms with van der Waals surface area (Å²) in [7, 11) is 0. The van der Waals surface area contributed by atoms with E-state index in [0.717, 1.165) is 0 Å². The Hall–Kier alpha value is -0.0500. The molecule has 54 valence electrons. The zero-order chi connectivity index (χ0) is 7.49. The zero-order valence-electron chi connectivity index (χ0n) is 5.90. The number of carbonyl (C=O) groups is 1. The Kier molecular flexibility index (Phi) is 3.18. The molecule has 0 bridgehead atoms. The van der Waals surface area contributed by atoms with Crippen LogP contribution in [0.1, 0.15) is 20.8 Å². The lowest BCUT2D eigenvalue weighted by molar-refractivity contribution is -0.151. The molecule has 0 radical (unpaired) electrons. The van der Waals surface area contributed by atoms with Crippen LogP contribution in [-0.4, -0.2) is 16.9 Å². The van der Waals surface area contributed by atoms with Crippen LogP contribution >= 0.6 is 15.9 Å². The van der Waals surface area contributed by atoms with E-state index in [1.165, 1.54) is 0 Å². The number of hydrogen-bond acceptors (Lipinski definition) is 2. The molecule has 0 unspecified atom stereocenters.